The Morgan fingerprint density at radius 1 is 1.44 bits per heavy atom. The number of nitrogens with two attached hydrogens (primary N) is 1. The maximum Gasteiger partial charge on any atom is 0.241 e. The summed E-state index contributed by atoms with van der Waals surface area (Å²) in [5.74, 6) is -0.102. The molecule has 0 aliphatic rings. The second-order valence-electron chi connectivity index (χ2n) is 3.74. The first-order chi connectivity index (χ1) is 7.63. The van der Waals surface area contributed by atoms with Crippen LogP contribution in [0.1, 0.15) is 26.2 Å². The van der Waals surface area contributed by atoms with Crippen molar-refractivity contribution < 1.29 is 4.79 Å². The molecule has 88 valence electrons. The van der Waals surface area contributed by atoms with E-state index in [1.165, 1.54) is 0 Å². The first kappa shape index (κ1) is 13.4. The zero-order chi connectivity index (χ0) is 12.0. The Morgan fingerprint density at radius 2 is 2.06 bits per heavy atom. The van der Waals surface area contributed by atoms with Crippen LogP contribution < -0.4 is 11.1 Å². The smallest absolute Gasteiger partial charge is 0.241 e. The number of anilines is 1. The fraction of sp³-hybridized carbons (Fsp3) is 0.417. The Balaban J connectivity index is 2.47. The molecule has 0 saturated carbocycles. The molecule has 0 aliphatic heterocycles. The van der Waals surface area contributed by atoms with E-state index in [1.807, 2.05) is 24.3 Å². The number of unbranched alkanes of at least 4 members (excludes halogenated alkanes) is 1. The molecule has 0 bridgehead atoms. The summed E-state index contributed by atoms with van der Waals surface area (Å²) in [6.07, 6.45) is 2.79. The molecule has 0 aliphatic carbocycles. The zero-order valence-corrected chi connectivity index (χ0v) is 11.5. The molecule has 0 aromatic heterocycles. The Labute approximate surface area is 110 Å². The van der Waals surface area contributed by atoms with Gasteiger partial charge in [0.2, 0.25) is 5.91 Å². The number of carbonyl (C=O) groups is 1. The Kier molecular flexibility index (Phi) is 5.76. The van der Waals surface area contributed by atoms with Gasteiger partial charge in [-0.15, -0.1) is 0 Å². The number of hydrogen-bond donors (Lipinski definition) is 2. The van der Waals surface area contributed by atoms with Crippen LogP contribution in [0.2, 0.25) is 0 Å². The lowest BCUT2D eigenvalue weighted by Crippen LogP contribution is -2.35. The van der Waals surface area contributed by atoms with Gasteiger partial charge in [0.25, 0.3) is 0 Å². The molecule has 3 N–H and O–H groups in total. The second kappa shape index (κ2) is 6.85. The molecule has 1 aromatic rings. The summed E-state index contributed by atoms with van der Waals surface area (Å²) in [5.41, 5.74) is 6.57. The van der Waals surface area contributed by atoms with Crippen molar-refractivity contribution in [3.63, 3.8) is 0 Å². The highest BCUT2D eigenvalue weighted by Gasteiger charge is 2.12. The summed E-state index contributed by atoms with van der Waals surface area (Å²) in [4.78, 5) is 11.7. The van der Waals surface area contributed by atoms with Crippen molar-refractivity contribution in [1.82, 2.24) is 0 Å². The van der Waals surface area contributed by atoms with Crippen LogP contribution >= 0.6 is 22.6 Å². The van der Waals surface area contributed by atoms with Gasteiger partial charge < -0.3 is 11.1 Å². The predicted molar refractivity (Wildman–Crippen MR) is 75.3 cm³/mol. The quantitative estimate of drug-likeness (QED) is 0.815. The molecule has 3 nitrogen and oxygen atoms in total. The van der Waals surface area contributed by atoms with Crippen molar-refractivity contribution in [2.75, 3.05) is 5.32 Å². The lowest BCUT2D eigenvalue weighted by Gasteiger charge is -2.11. The molecule has 0 spiro atoms. The van der Waals surface area contributed by atoms with Gasteiger partial charge in [-0.3, -0.25) is 4.79 Å². The van der Waals surface area contributed by atoms with Gasteiger partial charge in [-0.2, -0.15) is 0 Å². The minimum Gasteiger partial charge on any atom is -0.325 e. The number of benzene rings is 1. The van der Waals surface area contributed by atoms with Gasteiger partial charge in [0.1, 0.15) is 0 Å². The van der Waals surface area contributed by atoms with Gasteiger partial charge >= 0.3 is 0 Å². The number of rotatable bonds is 5. The zero-order valence-electron chi connectivity index (χ0n) is 9.37. The van der Waals surface area contributed by atoms with E-state index in [9.17, 15) is 4.79 Å². The van der Waals surface area contributed by atoms with E-state index in [2.05, 4.69) is 34.8 Å². The molecule has 1 atom stereocenters. The average molecular weight is 332 g/mol. The third-order valence-corrected chi connectivity index (χ3v) is 3.04. The summed E-state index contributed by atoms with van der Waals surface area (Å²) in [6.45, 7) is 2.09. The highest BCUT2D eigenvalue weighted by atomic mass is 127. The Morgan fingerprint density at radius 3 is 2.62 bits per heavy atom. The summed E-state index contributed by atoms with van der Waals surface area (Å²) < 4.78 is 1.14. The number of hydrogen-bond acceptors (Lipinski definition) is 2. The number of halogens is 1. The third-order valence-electron chi connectivity index (χ3n) is 2.32. The first-order valence-corrected chi connectivity index (χ1v) is 6.53. The standard InChI is InChI=1S/C12H17IN2O/c1-2-3-4-11(14)12(16)15-10-7-5-9(13)6-8-10/h5-8,11H,2-4,14H2,1H3,(H,15,16)/t11-/m0/s1. The third kappa shape index (κ3) is 4.49. The van der Waals surface area contributed by atoms with E-state index in [4.69, 9.17) is 5.73 Å². The van der Waals surface area contributed by atoms with E-state index in [-0.39, 0.29) is 5.91 Å². The van der Waals surface area contributed by atoms with Crippen LogP contribution in [0.4, 0.5) is 5.69 Å². The number of carbonyl (C=O) groups excluding carboxylic acids is 1. The van der Waals surface area contributed by atoms with Gasteiger partial charge in [0.15, 0.2) is 0 Å². The molecule has 1 rings (SSSR count). The van der Waals surface area contributed by atoms with Crippen molar-refractivity contribution in [3.8, 4) is 0 Å². The summed E-state index contributed by atoms with van der Waals surface area (Å²) in [6, 6.07) is 7.26. The minimum atomic E-state index is -0.403. The van der Waals surface area contributed by atoms with Crippen LogP contribution in [0.25, 0.3) is 0 Å². The molecule has 16 heavy (non-hydrogen) atoms. The molecular weight excluding hydrogens is 315 g/mol. The topological polar surface area (TPSA) is 55.1 Å². The summed E-state index contributed by atoms with van der Waals surface area (Å²) in [5, 5.41) is 2.81. The molecule has 0 saturated heterocycles. The maximum absolute atomic E-state index is 11.7. The van der Waals surface area contributed by atoms with Crippen LogP contribution in [0.3, 0.4) is 0 Å². The second-order valence-corrected chi connectivity index (χ2v) is 4.99. The van der Waals surface area contributed by atoms with E-state index < -0.39 is 6.04 Å². The first-order valence-electron chi connectivity index (χ1n) is 5.45. The van der Waals surface area contributed by atoms with E-state index in [0.717, 1.165) is 28.5 Å². The van der Waals surface area contributed by atoms with E-state index >= 15 is 0 Å². The fourth-order valence-electron chi connectivity index (χ4n) is 1.32. The van der Waals surface area contributed by atoms with Crippen LogP contribution in [0.15, 0.2) is 24.3 Å². The van der Waals surface area contributed by atoms with Crippen LogP contribution in [0, 0.1) is 3.57 Å². The maximum atomic E-state index is 11.7. The molecule has 0 fully saturated rings. The average Bonchev–Trinajstić information content (AvgIpc) is 2.29. The summed E-state index contributed by atoms with van der Waals surface area (Å²) >= 11 is 2.22. The summed E-state index contributed by atoms with van der Waals surface area (Å²) in [7, 11) is 0. The van der Waals surface area contributed by atoms with Crippen molar-refractivity contribution in [2.45, 2.75) is 32.2 Å². The molecule has 4 heteroatoms. The highest BCUT2D eigenvalue weighted by Crippen LogP contribution is 2.11. The number of amides is 1. The lowest BCUT2D eigenvalue weighted by atomic mass is 10.1. The van der Waals surface area contributed by atoms with E-state index in [1.54, 1.807) is 0 Å². The van der Waals surface area contributed by atoms with Gasteiger partial charge in [-0.25, -0.2) is 0 Å². The molecule has 1 amide bonds. The van der Waals surface area contributed by atoms with Gasteiger partial charge in [-0.1, -0.05) is 19.8 Å². The predicted octanol–water partition coefficient (Wildman–Crippen LogP) is 2.75. The molecule has 0 radical (unpaired) electrons. The number of nitrogens with one attached hydrogen (secondary N) is 1. The Hall–Kier alpha value is -0.620. The van der Waals surface area contributed by atoms with Gasteiger partial charge in [-0.05, 0) is 53.3 Å². The van der Waals surface area contributed by atoms with Crippen LogP contribution in [-0.2, 0) is 4.79 Å². The molecule has 0 unspecified atom stereocenters. The van der Waals surface area contributed by atoms with Crippen molar-refractivity contribution in [3.05, 3.63) is 27.8 Å². The molecule has 1 aromatic carbocycles. The van der Waals surface area contributed by atoms with Crippen molar-refractivity contribution >= 4 is 34.2 Å². The van der Waals surface area contributed by atoms with Crippen molar-refractivity contribution in [1.29, 1.82) is 0 Å². The van der Waals surface area contributed by atoms with Crippen LogP contribution in [0.5, 0.6) is 0 Å². The Bertz CT molecular complexity index is 337. The van der Waals surface area contributed by atoms with Gasteiger partial charge in [0.05, 0.1) is 6.04 Å². The minimum absolute atomic E-state index is 0.102. The van der Waals surface area contributed by atoms with Crippen LogP contribution in [-0.4, -0.2) is 11.9 Å². The SMILES string of the molecule is CCCC[C@H](N)C(=O)Nc1ccc(I)cc1. The van der Waals surface area contributed by atoms with Crippen molar-refractivity contribution in [2.24, 2.45) is 5.73 Å². The van der Waals surface area contributed by atoms with Gasteiger partial charge in [0, 0.05) is 9.26 Å². The fourth-order valence-corrected chi connectivity index (χ4v) is 1.68. The molecule has 0 heterocycles. The largest absolute Gasteiger partial charge is 0.325 e. The lowest BCUT2D eigenvalue weighted by molar-refractivity contribution is -0.117. The van der Waals surface area contributed by atoms with E-state index in [0.29, 0.717) is 0 Å². The molecular formula is C12H17IN2O. The monoisotopic (exact) mass is 332 g/mol. The normalized spacial score (nSPS) is 12.2. The highest BCUT2D eigenvalue weighted by molar-refractivity contribution is 14.1.